The highest BCUT2D eigenvalue weighted by Gasteiger charge is 2.17. The summed E-state index contributed by atoms with van der Waals surface area (Å²) in [4.78, 5) is 12.5. The normalized spacial score (nSPS) is 12.3. The van der Waals surface area contributed by atoms with Crippen LogP contribution in [0.3, 0.4) is 0 Å². The van der Waals surface area contributed by atoms with Gasteiger partial charge in [-0.1, -0.05) is 57.7 Å². The van der Waals surface area contributed by atoms with Gasteiger partial charge < -0.3 is 21.1 Å². The highest BCUT2D eigenvalue weighted by Crippen LogP contribution is 2.31. The number of allylic oxidation sites excluding steroid dienone is 5. The van der Waals surface area contributed by atoms with Crippen molar-refractivity contribution in [2.45, 2.75) is 33.1 Å². The zero-order valence-corrected chi connectivity index (χ0v) is 18.4. The Morgan fingerprint density at radius 1 is 1.10 bits per heavy atom. The van der Waals surface area contributed by atoms with Crippen molar-refractivity contribution in [3.63, 3.8) is 0 Å². The van der Waals surface area contributed by atoms with Crippen LogP contribution < -0.4 is 21.1 Å². The van der Waals surface area contributed by atoms with Gasteiger partial charge in [-0.3, -0.25) is 0 Å². The number of amides is 2. The smallest absolute Gasteiger partial charge is 0.323 e. The number of rotatable bonds is 6. The third-order valence-corrected chi connectivity index (χ3v) is 4.47. The third kappa shape index (κ3) is 6.27. The lowest BCUT2D eigenvalue weighted by Crippen LogP contribution is -2.20. The van der Waals surface area contributed by atoms with Crippen molar-refractivity contribution in [1.82, 2.24) is 0 Å². The van der Waals surface area contributed by atoms with Crippen LogP contribution in [0.15, 0.2) is 73.0 Å². The Morgan fingerprint density at radius 3 is 2.30 bits per heavy atom. The Labute approximate surface area is 179 Å². The van der Waals surface area contributed by atoms with E-state index >= 15 is 0 Å². The first-order valence-electron chi connectivity index (χ1n) is 9.77. The molecule has 2 amide bonds. The zero-order chi connectivity index (χ0) is 22.3. The van der Waals surface area contributed by atoms with E-state index in [1.165, 1.54) is 0 Å². The summed E-state index contributed by atoms with van der Waals surface area (Å²) < 4.78 is 5.39. The van der Waals surface area contributed by atoms with Gasteiger partial charge in [0, 0.05) is 11.4 Å². The summed E-state index contributed by atoms with van der Waals surface area (Å²) in [6, 6.07) is 13.0. The van der Waals surface area contributed by atoms with E-state index in [4.69, 9.17) is 10.5 Å². The number of methoxy groups -OCH3 is 1. The molecule has 2 rings (SSSR count). The van der Waals surface area contributed by atoms with Crippen LogP contribution in [0.4, 0.5) is 16.2 Å². The van der Waals surface area contributed by atoms with E-state index in [-0.39, 0.29) is 11.4 Å². The molecule has 4 N–H and O–H groups in total. The summed E-state index contributed by atoms with van der Waals surface area (Å²) in [5.74, 6) is 0.608. The van der Waals surface area contributed by atoms with Crippen molar-refractivity contribution < 1.29 is 9.53 Å². The SMILES string of the molecule is C=C/C=C(\C=C(\C)N)c1ccc(NC(=O)Nc2cc(C(C)(C)C)ccc2OC)cc1. The second-order valence-corrected chi connectivity index (χ2v) is 8.07. The molecule has 0 spiro atoms. The summed E-state index contributed by atoms with van der Waals surface area (Å²) in [5.41, 5.74) is 10.8. The minimum absolute atomic E-state index is 0.0397. The fraction of sp³-hybridized carbons (Fsp3) is 0.240. The van der Waals surface area contributed by atoms with Crippen LogP contribution in [0.25, 0.3) is 5.57 Å². The van der Waals surface area contributed by atoms with Gasteiger partial charge in [0.2, 0.25) is 0 Å². The molecule has 0 aromatic heterocycles. The van der Waals surface area contributed by atoms with Crippen LogP contribution in [0.5, 0.6) is 5.75 Å². The largest absolute Gasteiger partial charge is 0.495 e. The maximum Gasteiger partial charge on any atom is 0.323 e. The summed E-state index contributed by atoms with van der Waals surface area (Å²) in [7, 11) is 1.58. The van der Waals surface area contributed by atoms with Gasteiger partial charge >= 0.3 is 6.03 Å². The second-order valence-electron chi connectivity index (χ2n) is 8.07. The maximum atomic E-state index is 12.5. The molecule has 0 fully saturated rings. The van der Waals surface area contributed by atoms with Gasteiger partial charge in [0.05, 0.1) is 12.8 Å². The number of hydrogen-bond donors (Lipinski definition) is 3. The average molecular weight is 406 g/mol. The fourth-order valence-electron chi connectivity index (χ4n) is 2.90. The summed E-state index contributed by atoms with van der Waals surface area (Å²) in [5, 5.41) is 5.73. The molecule has 2 aromatic carbocycles. The lowest BCUT2D eigenvalue weighted by atomic mass is 9.87. The van der Waals surface area contributed by atoms with Crippen LogP contribution in [0, 0.1) is 0 Å². The number of carbonyl (C=O) groups is 1. The van der Waals surface area contributed by atoms with E-state index in [1.807, 2.05) is 61.5 Å². The fourth-order valence-corrected chi connectivity index (χ4v) is 2.90. The highest BCUT2D eigenvalue weighted by atomic mass is 16.5. The molecule has 0 saturated heterocycles. The summed E-state index contributed by atoms with van der Waals surface area (Å²) in [6.07, 6.45) is 5.48. The number of hydrogen-bond acceptors (Lipinski definition) is 3. The number of anilines is 2. The molecule has 0 aliphatic heterocycles. The lowest BCUT2D eigenvalue weighted by Gasteiger charge is -2.21. The molecule has 0 unspecified atom stereocenters. The number of urea groups is 1. The molecule has 0 heterocycles. The van der Waals surface area contributed by atoms with E-state index in [9.17, 15) is 4.79 Å². The number of nitrogens with two attached hydrogens (primary N) is 1. The van der Waals surface area contributed by atoms with E-state index < -0.39 is 0 Å². The Balaban J connectivity index is 2.16. The van der Waals surface area contributed by atoms with Crippen LogP contribution in [0.1, 0.15) is 38.8 Å². The molecular weight excluding hydrogens is 374 g/mol. The molecule has 158 valence electrons. The minimum Gasteiger partial charge on any atom is -0.495 e. The van der Waals surface area contributed by atoms with Gasteiger partial charge in [-0.05, 0) is 59.4 Å². The first-order valence-corrected chi connectivity index (χ1v) is 9.77. The summed E-state index contributed by atoms with van der Waals surface area (Å²) in [6.45, 7) is 11.9. The van der Waals surface area contributed by atoms with Crippen LogP contribution in [-0.2, 0) is 5.41 Å². The van der Waals surface area contributed by atoms with Crippen molar-refractivity contribution in [2.24, 2.45) is 5.73 Å². The Hall–Kier alpha value is -3.47. The molecular formula is C25H31N3O2. The van der Waals surface area contributed by atoms with Crippen molar-refractivity contribution >= 4 is 23.0 Å². The standard InChI is InChI=1S/C25H31N3O2/c1-7-8-19(15-17(2)26)18-9-12-21(13-10-18)27-24(29)28-22-16-20(25(3,4)5)11-14-23(22)30-6/h7-16H,1,26H2,2-6H3,(H2,27,28,29)/b17-15-,19-8+. The minimum atomic E-state index is -0.341. The first-order chi connectivity index (χ1) is 14.1. The molecule has 0 atom stereocenters. The van der Waals surface area contributed by atoms with E-state index in [0.29, 0.717) is 22.8 Å². The molecule has 0 aliphatic rings. The number of ether oxygens (including phenoxy) is 1. The van der Waals surface area contributed by atoms with Crippen molar-refractivity contribution in [2.75, 3.05) is 17.7 Å². The van der Waals surface area contributed by atoms with Gasteiger partial charge in [0.1, 0.15) is 5.75 Å². The Kier molecular flexibility index (Phi) is 7.48. The van der Waals surface area contributed by atoms with Crippen LogP contribution >= 0.6 is 0 Å². The number of benzene rings is 2. The predicted octanol–water partition coefficient (Wildman–Crippen LogP) is 6.07. The molecule has 5 heteroatoms. The predicted molar refractivity (Wildman–Crippen MR) is 127 cm³/mol. The van der Waals surface area contributed by atoms with E-state index in [1.54, 1.807) is 13.2 Å². The molecule has 0 aliphatic carbocycles. The zero-order valence-electron chi connectivity index (χ0n) is 18.4. The van der Waals surface area contributed by atoms with Crippen LogP contribution in [-0.4, -0.2) is 13.1 Å². The quantitative estimate of drug-likeness (QED) is 0.511. The molecule has 0 saturated carbocycles. The Bertz CT molecular complexity index is 961. The monoisotopic (exact) mass is 405 g/mol. The lowest BCUT2D eigenvalue weighted by molar-refractivity contribution is 0.262. The van der Waals surface area contributed by atoms with Gasteiger partial charge in [-0.15, -0.1) is 0 Å². The molecule has 2 aromatic rings. The number of carbonyl (C=O) groups excluding carboxylic acids is 1. The van der Waals surface area contributed by atoms with Crippen molar-refractivity contribution in [3.05, 3.63) is 84.1 Å². The maximum absolute atomic E-state index is 12.5. The average Bonchev–Trinajstić information content (AvgIpc) is 2.67. The van der Waals surface area contributed by atoms with E-state index in [2.05, 4.69) is 38.0 Å². The molecule has 0 bridgehead atoms. The molecule has 30 heavy (non-hydrogen) atoms. The number of nitrogens with one attached hydrogen (secondary N) is 2. The van der Waals surface area contributed by atoms with Gasteiger partial charge in [0.15, 0.2) is 0 Å². The molecule has 5 nitrogen and oxygen atoms in total. The van der Waals surface area contributed by atoms with Crippen LogP contribution in [0.2, 0.25) is 0 Å². The van der Waals surface area contributed by atoms with Crippen molar-refractivity contribution in [1.29, 1.82) is 0 Å². The highest BCUT2D eigenvalue weighted by molar-refractivity contribution is 6.00. The first kappa shape index (κ1) is 22.8. The Morgan fingerprint density at radius 2 is 1.77 bits per heavy atom. The second kappa shape index (κ2) is 9.83. The van der Waals surface area contributed by atoms with E-state index in [0.717, 1.165) is 16.7 Å². The van der Waals surface area contributed by atoms with Crippen molar-refractivity contribution in [3.8, 4) is 5.75 Å². The van der Waals surface area contributed by atoms with Gasteiger partial charge in [-0.2, -0.15) is 0 Å². The topological polar surface area (TPSA) is 76.4 Å². The van der Waals surface area contributed by atoms with Gasteiger partial charge in [-0.25, -0.2) is 4.79 Å². The van der Waals surface area contributed by atoms with Gasteiger partial charge in [0.25, 0.3) is 0 Å². The third-order valence-electron chi connectivity index (χ3n) is 4.47. The summed E-state index contributed by atoms with van der Waals surface area (Å²) >= 11 is 0. The molecule has 0 radical (unpaired) electrons.